The highest BCUT2D eigenvalue weighted by atomic mass is 16.5. The average molecular weight is 279 g/mol. The molecular formula is C16H25NO3. The topological polar surface area (TPSA) is 41.9 Å². The van der Waals surface area contributed by atoms with Gasteiger partial charge in [0.25, 0.3) is 0 Å². The Hall–Kier alpha value is -1.26. The van der Waals surface area contributed by atoms with Crippen LogP contribution in [-0.2, 0) is 4.74 Å². The van der Waals surface area contributed by atoms with Crippen LogP contribution in [0.1, 0.15) is 38.3 Å². The molecule has 1 aromatic rings. The first-order chi connectivity index (χ1) is 9.65. The lowest BCUT2D eigenvalue weighted by Crippen LogP contribution is -2.41. The summed E-state index contributed by atoms with van der Waals surface area (Å²) in [6.07, 6.45) is 2.66. The Morgan fingerprint density at radius 2 is 2.25 bits per heavy atom. The van der Waals surface area contributed by atoms with Crippen LogP contribution >= 0.6 is 0 Å². The molecule has 1 fully saturated rings. The van der Waals surface area contributed by atoms with E-state index in [4.69, 9.17) is 9.47 Å². The van der Waals surface area contributed by atoms with Crippen LogP contribution in [0.5, 0.6) is 11.5 Å². The largest absolute Gasteiger partial charge is 0.504 e. The molecule has 20 heavy (non-hydrogen) atoms. The van der Waals surface area contributed by atoms with Crippen molar-refractivity contribution in [2.45, 2.75) is 38.8 Å². The van der Waals surface area contributed by atoms with Gasteiger partial charge < -0.3 is 14.6 Å². The Morgan fingerprint density at radius 3 is 2.95 bits per heavy atom. The molecule has 0 radical (unpaired) electrons. The number of hydrogen-bond acceptors (Lipinski definition) is 4. The van der Waals surface area contributed by atoms with Gasteiger partial charge >= 0.3 is 0 Å². The number of methoxy groups -OCH3 is 1. The Bertz CT molecular complexity index is 434. The van der Waals surface area contributed by atoms with Gasteiger partial charge in [0.15, 0.2) is 11.5 Å². The number of benzene rings is 1. The SMILES string of the molecule is CCOC1CCCN(C(C)c2ccc(O)c(OC)c2)C1. The fraction of sp³-hybridized carbons (Fsp3) is 0.625. The van der Waals surface area contributed by atoms with Gasteiger partial charge in [0, 0.05) is 19.2 Å². The van der Waals surface area contributed by atoms with Crippen LogP contribution in [0.2, 0.25) is 0 Å². The quantitative estimate of drug-likeness (QED) is 0.900. The minimum atomic E-state index is 0.189. The van der Waals surface area contributed by atoms with Gasteiger partial charge in [-0.3, -0.25) is 4.90 Å². The van der Waals surface area contributed by atoms with E-state index in [0.717, 1.165) is 31.7 Å². The molecule has 0 aliphatic carbocycles. The minimum absolute atomic E-state index is 0.189. The summed E-state index contributed by atoms with van der Waals surface area (Å²) in [7, 11) is 1.58. The van der Waals surface area contributed by atoms with Gasteiger partial charge in [-0.25, -0.2) is 0 Å². The second kappa shape index (κ2) is 6.95. The lowest BCUT2D eigenvalue weighted by atomic mass is 10.0. The van der Waals surface area contributed by atoms with E-state index in [9.17, 15) is 5.11 Å². The highest BCUT2D eigenvalue weighted by Crippen LogP contribution is 2.32. The molecule has 1 aliphatic heterocycles. The predicted octanol–water partition coefficient (Wildman–Crippen LogP) is 2.96. The molecule has 2 atom stereocenters. The molecule has 0 bridgehead atoms. The molecule has 2 rings (SSSR count). The predicted molar refractivity (Wildman–Crippen MR) is 79.3 cm³/mol. The lowest BCUT2D eigenvalue weighted by molar-refractivity contribution is -0.00540. The van der Waals surface area contributed by atoms with E-state index in [1.54, 1.807) is 13.2 Å². The Labute approximate surface area is 121 Å². The third-order valence-electron chi connectivity index (χ3n) is 4.05. The van der Waals surface area contributed by atoms with Crippen molar-refractivity contribution >= 4 is 0 Å². The van der Waals surface area contributed by atoms with Gasteiger partial charge in [-0.05, 0) is 50.9 Å². The summed E-state index contributed by atoms with van der Waals surface area (Å²) in [6, 6.07) is 5.89. The van der Waals surface area contributed by atoms with Crippen molar-refractivity contribution in [1.82, 2.24) is 4.90 Å². The second-order valence-corrected chi connectivity index (χ2v) is 5.32. The molecule has 4 nitrogen and oxygen atoms in total. The number of rotatable bonds is 5. The van der Waals surface area contributed by atoms with Crippen LogP contribution in [0, 0.1) is 0 Å². The standard InChI is InChI=1S/C16H25NO3/c1-4-20-14-6-5-9-17(11-14)12(2)13-7-8-15(18)16(10-13)19-3/h7-8,10,12,14,18H,4-6,9,11H2,1-3H3. The molecule has 4 heteroatoms. The Morgan fingerprint density at radius 1 is 1.45 bits per heavy atom. The van der Waals surface area contributed by atoms with E-state index in [1.807, 2.05) is 19.1 Å². The molecule has 1 saturated heterocycles. The molecule has 1 N–H and O–H groups in total. The number of likely N-dealkylation sites (tertiary alicyclic amines) is 1. The van der Waals surface area contributed by atoms with Crippen molar-refractivity contribution in [3.63, 3.8) is 0 Å². The summed E-state index contributed by atoms with van der Waals surface area (Å²) in [5.41, 5.74) is 1.16. The molecule has 2 unspecified atom stereocenters. The van der Waals surface area contributed by atoms with Crippen molar-refractivity contribution in [3.05, 3.63) is 23.8 Å². The zero-order valence-corrected chi connectivity index (χ0v) is 12.6. The van der Waals surface area contributed by atoms with Gasteiger partial charge in [-0.15, -0.1) is 0 Å². The van der Waals surface area contributed by atoms with Crippen molar-refractivity contribution in [1.29, 1.82) is 0 Å². The highest BCUT2D eigenvalue weighted by Gasteiger charge is 2.25. The van der Waals surface area contributed by atoms with Gasteiger partial charge in [-0.2, -0.15) is 0 Å². The maximum Gasteiger partial charge on any atom is 0.160 e. The van der Waals surface area contributed by atoms with E-state index in [-0.39, 0.29) is 5.75 Å². The molecule has 112 valence electrons. The molecule has 1 aromatic carbocycles. The van der Waals surface area contributed by atoms with E-state index in [2.05, 4.69) is 11.8 Å². The smallest absolute Gasteiger partial charge is 0.160 e. The minimum Gasteiger partial charge on any atom is -0.504 e. The average Bonchev–Trinajstić information content (AvgIpc) is 2.48. The van der Waals surface area contributed by atoms with Crippen molar-refractivity contribution in [3.8, 4) is 11.5 Å². The summed E-state index contributed by atoms with van der Waals surface area (Å²) < 4.78 is 10.9. The molecule has 0 amide bonds. The lowest BCUT2D eigenvalue weighted by Gasteiger charge is -2.36. The molecule has 1 aliphatic rings. The van der Waals surface area contributed by atoms with Crippen LogP contribution in [-0.4, -0.2) is 42.9 Å². The van der Waals surface area contributed by atoms with E-state index in [0.29, 0.717) is 17.9 Å². The van der Waals surface area contributed by atoms with Crippen LogP contribution < -0.4 is 4.74 Å². The van der Waals surface area contributed by atoms with E-state index < -0.39 is 0 Å². The fourth-order valence-corrected chi connectivity index (χ4v) is 2.85. The highest BCUT2D eigenvalue weighted by molar-refractivity contribution is 5.42. The van der Waals surface area contributed by atoms with Gasteiger partial charge in [0.1, 0.15) is 0 Å². The van der Waals surface area contributed by atoms with Crippen molar-refractivity contribution < 1.29 is 14.6 Å². The first-order valence-corrected chi connectivity index (χ1v) is 7.38. The molecular weight excluding hydrogens is 254 g/mol. The third-order valence-corrected chi connectivity index (χ3v) is 4.05. The maximum atomic E-state index is 9.68. The molecule has 0 spiro atoms. The van der Waals surface area contributed by atoms with Gasteiger partial charge in [0.05, 0.1) is 13.2 Å². The van der Waals surface area contributed by atoms with Crippen LogP contribution in [0.4, 0.5) is 0 Å². The number of nitrogens with zero attached hydrogens (tertiary/aromatic N) is 1. The van der Waals surface area contributed by atoms with Crippen molar-refractivity contribution in [2.75, 3.05) is 26.8 Å². The third kappa shape index (κ3) is 3.44. The van der Waals surface area contributed by atoms with E-state index >= 15 is 0 Å². The zero-order valence-electron chi connectivity index (χ0n) is 12.6. The maximum absolute atomic E-state index is 9.68. The van der Waals surface area contributed by atoms with Crippen LogP contribution in [0.15, 0.2) is 18.2 Å². The Kier molecular flexibility index (Phi) is 5.26. The normalized spacial score (nSPS) is 21.6. The first kappa shape index (κ1) is 15.1. The van der Waals surface area contributed by atoms with Crippen LogP contribution in [0.3, 0.4) is 0 Å². The van der Waals surface area contributed by atoms with Crippen molar-refractivity contribution in [2.24, 2.45) is 0 Å². The summed E-state index contributed by atoms with van der Waals surface area (Å²) in [4.78, 5) is 2.44. The number of phenolic OH excluding ortho intramolecular Hbond substituents is 1. The number of hydrogen-bond donors (Lipinski definition) is 1. The number of piperidine rings is 1. The monoisotopic (exact) mass is 279 g/mol. The number of ether oxygens (including phenoxy) is 2. The van der Waals surface area contributed by atoms with Crippen LogP contribution in [0.25, 0.3) is 0 Å². The van der Waals surface area contributed by atoms with E-state index in [1.165, 1.54) is 6.42 Å². The molecule has 0 aromatic heterocycles. The first-order valence-electron chi connectivity index (χ1n) is 7.38. The summed E-state index contributed by atoms with van der Waals surface area (Å²) in [5.74, 6) is 0.724. The number of phenols is 1. The van der Waals surface area contributed by atoms with Gasteiger partial charge in [0.2, 0.25) is 0 Å². The van der Waals surface area contributed by atoms with Gasteiger partial charge in [-0.1, -0.05) is 6.07 Å². The zero-order chi connectivity index (χ0) is 14.5. The fourth-order valence-electron chi connectivity index (χ4n) is 2.85. The number of aromatic hydroxyl groups is 1. The summed E-state index contributed by atoms with van der Waals surface area (Å²) in [5, 5.41) is 9.68. The summed E-state index contributed by atoms with van der Waals surface area (Å²) in [6.45, 7) is 7.08. The Balaban J connectivity index is 2.08. The summed E-state index contributed by atoms with van der Waals surface area (Å²) >= 11 is 0. The molecule has 0 saturated carbocycles. The second-order valence-electron chi connectivity index (χ2n) is 5.32. The molecule has 1 heterocycles.